The van der Waals surface area contributed by atoms with Crippen molar-refractivity contribution in [2.75, 3.05) is 26.7 Å². The molecule has 8 nitrogen and oxygen atoms in total. The SMILES string of the molecule is COc1cccc(C(CNS(=O)(=O)c2c(C)cccc2[N+](=O)[O-])N2CCCC2)c1. The maximum atomic E-state index is 13.0. The van der Waals surface area contributed by atoms with Gasteiger partial charge in [-0.1, -0.05) is 24.3 Å². The molecule has 1 atom stereocenters. The van der Waals surface area contributed by atoms with Gasteiger partial charge in [-0.25, -0.2) is 13.1 Å². The van der Waals surface area contributed by atoms with Crippen LogP contribution in [0.5, 0.6) is 5.75 Å². The predicted molar refractivity (Wildman–Crippen MR) is 110 cm³/mol. The number of hydrogen-bond donors (Lipinski definition) is 1. The van der Waals surface area contributed by atoms with E-state index < -0.39 is 20.6 Å². The van der Waals surface area contributed by atoms with E-state index in [1.165, 1.54) is 12.1 Å². The predicted octanol–water partition coefficient (Wildman–Crippen LogP) is 3.03. The maximum absolute atomic E-state index is 13.0. The lowest BCUT2D eigenvalue weighted by molar-refractivity contribution is -0.387. The first kappa shape index (κ1) is 21.2. The minimum absolute atomic E-state index is 0.112. The van der Waals surface area contributed by atoms with Gasteiger partial charge in [-0.15, -0.1) is 0 Å². The molecular weight excluding hydrogens is 394 g/mol. The number of rotatable bonds is 8. The van der Waals surface area contributed by atoms with Crippen LogP contribution >= 0.6 is 0 Å². The summed E-state index contributed by atoms with van der Waals surface area (Å²) in [4.78, 5) is 12.6. The summed E-state index contributed by atoms with van der Waals surface area (Å²) in [6.07, 6.45) is 2.10. The molecule has 1 unspecified atom stereocenters. The number of sulfonamides is 1. The molecule has 0 radical (unpaired) electrons. The standard InChI is InChI=1S/C20H25N3O5S/c1-15-7-5-10-18(23(24)25)20(15)29(26,27)21-14-19(22-11-3-4-12-22)16-8-6-9-17(13-16)28-2/h5-10,13,19,21H,3-4,11-12,14H2,1-2H3. The summed E-state index contributed by atoms with van der Waals surface area (Å²) in [5.41, 5.74) is 0.857. The number of likely N-dealkylation sites (tertiary alicyclic amines) is 1. The Kier molecular flexibility index (Phi) is 6.51. The lowest BCUT2D eigenvalue weighted by Crippen LogP contribution is -2.37. The number of aryl methyl sites for hydroxylation is 1. The molecule has 156 valence electrons. The third-order valence-electron chi connectivity index (χ3n) is 5.18. The largest absolute Gasteiger partial charge is 0.497 e. The number of benzene rings is 2. The van der Waals surface area contributed by atoms with Crippen molar-refractivity contribution < 1.29 is 18.1 Å². The van der Waals surface area contributed by atoms with E-state index in [0.717, 1.165) is 31.5 Å². The molecule has 1 aliphatic heterocycles. The second kappa shape index (κ2) is 8.89. The van der Waals surface area contributed by atoms with E-state index in [-0.39, 0.29) is 17.5 Å². The van der Waals surface area contributed by atoms with E-state index >= 15 is 0 Å². The Balaban J connectivity index is 1.90. The number of nitro groups is 1. The molecule has 0 saturated carbocycles. The van der Waals surface area contributed by atoms with Crippen LogP contribution in [0.25, 0.3) is 0 Å². The number of ether oxygens (including phenoxy) is 1. The van der Waals surface area contributed by atoms with Crippen LogP contribution in [0.4, 0.5) is 5.69 Å². The molecule has 2 aromatic carbocycles. The zero-order valence-corrected chi connectivity index (χ0v) is 17.3. The van der Waals surface area contributed by atoms with Gasteiger partial charge in [-0.05, 0) is 56.1 Å². The highest BCUT2D eigenvalue weighted by atomic mass is 32.2. The summed E-state index contributed by atoms with van der Waals surface area (Å²) >= 11 is 0. The van der Waals surface area contributed by atoms with Crippen LogP contribution in [0.3, 0.4) is 0 Å². The average molecular weight is 420 g/mol. The molecule has 0 amide bonds. The van der Waals surface area contributed by atoms with Gasteiger partial charge in [0.25, 0.3) is 5.69 Å². The molecule has 9 heteroatoms. The van der Waals surface area contributed by atoms with Gasteiger partial charge < -0.3 is 4.74 Å². The van der Waals surface area contributed by atoms with Crippen molar-refractivity contribution in [2.45, 2.75) is 30.7 Å². The quantitative estimate of drug-likeness (QED) is 0.521. The molecular formula is C20H25N3O5S. The van der Waals surface area contributed by atoms with Crippen LogP contribution in [-0.4, -0.2) is 45.0 Å². The third-order valence-corrected chi connectivity index (χ3v) is 6.80. The fourth-order valence-corrected chi connectivity index (χ4v) is 5.18. The number of hydrogen-bond acceptors (Lipinski definition) is 6. The molecule has 0 bridgehead atoms. The summed E-state index contributed by atoms with van der Waals surface area (Å²) in [6, 6.07) is 11.6. The minimum atomic E-state index is -4.06. The first-order valence-corrected chi connectivity index (χ1v) is 10.9. The lowest BCUT2D eigenvalue weighted by atomic mass is 10.1. The van der Waals surface area contributed by atoms with E-state index in [0.29, 0.717) is 11.3 Å². The maximum Gasteiger partial charge on any atom is 0.289 e. The highest BCUT2D eigenvalue weighted by Crippen LogP contribution is 2.30. The lowest BCUT2D eigenvalue weighted by Gasteiger charge is -2.28. The first-order chi connectivity index (χ1) is 13.8. The minimum Gasteiger partial charge on any atom is -0.497 e. The fraction of sp³-hybridized carbons (Fsp3) is 0.400. The average Bonchev–Trinajstić information content (AvgIpc) is 3.22. The van der Waals surface area contributed by atoms with Crippen LogP contribution in [0.1, 0.15) is 30.0 Å². The smallest absolute Gasteiger partial charge is 0.289 e. The van der Waals surface area contributed by atoms with Crippen molar-refractivity contribution in [3.8, 4) is 5.75 Å². The first-order valence-electron chi connectivity index (χ1n) is 9.45. The molecule has 2 aromatic rings. The van der Waals surface area contributed by atoms with Crippen LogP contribution in [0.15, 0.2) is 47.4 Å². The molecule has 1 heterocycles. The third kappa shape index (κ3) is 4.75. The van der Waals surface area contributed by atoms with Crippen molar-refractivity contribution in [3.63, 3.8) is 0 Å². The summed E-state index contributed by atoms with van der Waals surface area (Å²) in [7, 11) is -2.48. The molecule has 29 heavy (non-hydrogen) atoms. The van der Waals surface area contributed by atoms with Crippen molar-refractivity contribution in [1.29, 1.82) is 0 Å². The van der Waals surface area contributed by atoms with Crippen molar-refractivity contribution in [3.05, 3.63) is 63.7 Å². The van der Waals surface area contributed by atoms with Gasteiger partial charge in [0.2, 0.25) is 10.0 Å². The van der Waals surface area contributed by atoms with Crippen molar-refractivity contribution in [1.82, 2.24) is 9.62 Å². The van der Waals surface area contributed by atoms with E-state index in [1.54, 1.807) is 20.1 Å². The van der Waals surface area contributed by atoms with Crippen LogP contribution in [0, 0.1) is 17.0 Å². The van der Waals surface area contributed by atoms with Crippen molar-refractivity contribution in [2.24, 2.45) is 0 Å². The van der Waals surface area contributed by atoms with Gasteiger partial charge >= 0.3 is 0 Å². The highest BCUT2D eigenvalue weighted by Gasteiger charge is 2.30. The van der Waals surface area contributed by atoms with Crippen LogP contribution in [0.2, 0.25) is 0 Å². The van der Waals surface area contributed by atoms with Crippen LogP contribution < -0.4 is 9.46 Å². The Hall–Kier alpha value is -2.49. The second-order valence-electron chi connectivity index (χ2n) is 7.07. The molecule has 1 N–H and O–H groups in total. The molecule has 0 spiro atoms. The molecule has 3 rings (SSSR count). The van der Waals surface area contributed by atoms with Gasteiger partial charge in [0, 0.05) is 18.7 Å². The van der Waals surface area contributed by atoms with Crippen molar-refractivity contribution >= 4 is 15.7 Å². The Morgan fingerprint density at radius 2 is 1.90 bits per heavy atom. The Morgan fingerprint density at radius 1 is 1.21 bits per heavy atom. The molecule has 1 fully saturated rings. The molecule has 1 saturated heterocycles. The van der Waals surface area contributed by atoms with E-state index in [4.69, 9.17) is 4.74 Å². The van der Waals surface area contributed by atoms with Gasteiger partial charge in [0.15, 0.2) is 4.90 Å². The van der Waals surface area contributed by atoms with Crippen LogP contribution in [-0.2, 0) is 10.0 Å². The summed E-state index contributed by atoms with van der Waals surface area (Å²) < 4.78 is 33.9. The summed E-state index contributed by atoms with van der Waals surface area (Å²) in [5.74, 6) is 0.698. The normalized spacial score (nSPS) is 15.9. The Labute approximate surface area is 170 Å². The monoisotopic (exact) mass is 419 g/mol. The summed E-state index contributed by atoms with van der Waals surface area (Å²) in [5, 5.41) is 11.4. The second-order valence-corrected chi connectivity index (χ2v) is 8.77. The Bertz CT molecular complexity index is 987. The fourth-order valence-electron chi connectivity index (χ4n) is 3.75. The van der Waals surface area contributed by atoms with E-state index in [1.807, 2.05) is 24.3 Å². The zero-order chi connectivity index (χ0) is 21.0. The number of nitro benzene ring substituents is 1. The number of methoxy groups -OCH3 is 1. The van der Waals surface area contributed by atoms with Gasteiger partial charge in [0.1, 0.15) is 5.75 Å². The highest BCUT2D eigenvalue weighted by molar-refractivity contribution is 7.89. The number of nitrogens with zero attached hydrogens (tertiary/aromatic N) is 2. The number of nitrogens with one attached hydrogen (secondary N) is 1. The van der Waals surface area contributed by atoms with Gasteiger partial charge in [-0.2, -0.15) is 0 Å². The van der Waals surface area contributed by atoms with E-state index in [2.05, 4.69) is 9.62 Å². The van der Waals surface area contributed by atoms with Gasteiger partial charge in [0.05, 0.1) is 12.0 Å². The molecule has 0 aromatic heterocycles. The topological polar surface area (TPSA) is 102 Å². The zero-order valence-electron chi connectivity index (χ0n) is 16.5. The Morgan fingerprint density at radius 3 is 2.55 bits per heavy atom. The summed E-state index contributed by atoms with van der Waals surface area (Å²) in [6.45, 7) is 3.41. The van der Waals surface area contributed by atoms with Gasteiger partial charge in [-0.3, -0.25) is 15.0 Å². The molecule has 0 aliphatic carbocycles. The molecule has 1 aliphatic rings. The van der Waals surface area contributed by atoms with E-state index in [9.17, 15) is 18.5 Å².